The zero-order chi connectivity index (χ0) is 13.8. The third-order valence-corrected chi connectivity index (χ3v) is 3.54. The van der Waals surface area contributed by atoms with E-state index in [1.54, 1.807) is 24.3 Å². The van der Waals surface area contributed by atoms with Gasteiger partial charge in [-0.05, 0) is 6.07 Å². The highest BCUT2D eigenvalue weighted by Crippen LogP contribution is 2.41. The molecule has 19 heavy (non-hydrogen) atoms. The molecular formula is C12H12N4O3. The molecule has 0 spiro atoms. The number of likely N-dealkylation sites (N-methyl/N-ethyl adjacent to an activating group) is 1. The average molecular weight is 260 g/mol. The van der Waals surface area contributed by atoms with Gasteiger partial charge in [-0.1, -0.05) is 18.2 Å². The summed E-state index contributed by atoms with van der Waals surface area (Å²) in [6, 6.07) is 5.54. The number of hydrogen-bond donors (Lipinski definition) is 3. The molecule has 7 nitrogen and oxygen atoms in total. The summed E-state index contributed by atoms with van der Waals surface area (Å²) in [5.74, 6) is -1.29. The number of nitrogens with two attached hydrogens (primary N) is 1. The first-order valence-electron chi connectivity index (χ1n) is 5.70. The fraction of sp³-hybridized carbons (Fsp3) is 0.250. The SMILES string of the molecule is CN1C(N)=NC(=O)[C@@H]1[C@]1(O)C(=O)Nc2ccccc21. The highest BCUT2D eigenvalue weighted by atomic mass is 16.3. The Morgan fingerprint density at radius 3 is 2.74 bits per heavy atom. The van der Waals surface area contributed by atoms with E-state index in [9.17, 15) is 14.7 Å². The van der Waals surface area contributed by atoms with Gasteiger partial charge in [0.1, 0.15) is 0 Å². The fourth-order valence-electron chi connectivity index (χ4n) is 2.55. The predicted molar refractivity (Wildman–Crippen MR) is 67.1 cm³/mol. The maximum absolute atomic E-state index is 12.1. The van der Waals surface area contributed by atoms with Gasteiger partial charge in [0, 0.05) is 18.3 Å². The number of amides is 2. The molecule has 1 aromatic rings. The maximum atomic E-state index is 12.1. The van der Waals surface area contributed by atoms with Gasteiger partial charge in [-0.2, -0.15) is 4.99 Å². The van der Waals surface area contributed by atoms with E-state index in [0.29, 0.717) is 11.3 Å². The Morgan fingerprint density at radius 1 is 1.42 bits per heavy atom. The van der Waals surface area contributed by atoms with Crippen LogP contribution in [0.2, 0.25) is 0 Å². The van der Waals surface area contributed by atoms with E-state index in [0.717, 1.165) is 0 Å². The van der Waals surface area contributed by atoms with Crippen molar-refractivity contribution in [3.05, 3.63) is 29.8 Å². The molecule has 2 aliphatic heterocycles. The zero-order valence-corrected chi connectivity index (χ0v) is 10.1. The van der Waals surface area contributed by atoms with E-state index in [1.807, 2.05) is 0 Å². The second-order valence-electron chi connectivity index (χ2n) is 4.59. The molecule has 4 N–H and O–H groups in total. The van der Waals surface area contributed by atoms with Gasteiger partial charge in [0.15, 0.2) is 17.6 Å². The Morgan fingerprint density at radius 2 is 2.11 bits per heavy atom. The molecule has 2 aliphatic rings. The van der Waals surface area contributed by atoms with Crippen molar-refractivity contribution in [1.82, 2.24) is 4.90 Å². The molecule has 2 heterocycles. The van der Waals surface area contributed by atoms with Gasteiger partial charge in [-0.3, -0.25) is 9.59 Å². The summed E-state index contributed by atoms with van der Waals surface area (Å²) in [7, 11) is 1.51. The lowest BCUT2D eigenvalue weighted by Gasteiger charge is -2.31. The quantitative estimate of drug-likeness (QED) is 0.599. The van der Waals surface area contributed by atoms with Crippen molar-refractivity contribution < 1.29 is 14.7 Å². The second kappa shape index (κ2) is 3.55. The molecule has 0 bridgehead atoms. The molecule has 98 valence electrons. The van der Waals surface area contributed by atoms with E-state index in [4.69, 9.17) is 5.73 Å². The van der Waals surface area contributed by atoms with Crippen LogP contribution in [-0.2, 0) is 15.2 Å². The number of guanidine groups is 1. The van der Waals surface area contributed by atoms with Crippen molar-refractivity contribution in [3.63, 3.8) is 0 Å². The first-order chi connectivity index (χ1) is 8.96. The molecule has 7 heteroatoms. The van der Waals surface area contributed by atoms with Gasteiger partial charge < -0.3 is 21.1 Å². The molecule has 2 amide bonds. The van der Waals surface area contributed by atoms with Gasteiger partial charge in [0.2, 0.25) is 0 Å². The molecule has 0 unspecified atom stereocenters. The number of hydrogen-bond acceptors (Lipinski definition) is 5. The van der Waals surface area contributed by atoms with Crippen molar-refractivity contribution in [2.75, 3.05) is 12.4 Å². The van der Waals surface area contributed by atoms with Crippen LogP contribution in [0.4, 0.5) is 5.69 Å². The Labute approximate surface area is 108 Å². The first-order valence-corrected chi connectivity index (χ1v) is 5.70. The molecule has 2 atom stereocenters. The predicted octanol–water partition coefficient (Wildman–Crippen LogP) is -1.02. The molecule has 1 aromatic carbocycles. The number of para-hydroxylation sites is 1. The maximum Gasteiger partial charge on any atom is 0.275 e. The van der Waals surface area contributed by atoms with Crippen molar-refractivity contribution in [2.24, 2.45) is 10.7 Å². The number of nitrogens with one attached hydrogen (secondary N) is 1. The van der Waals surface area contributed by atoms with Gasteiger partial charge >= 0.3 is 0 Å². The first kappa shape index (κ1) is 11.7. The lowest BCUT2D eigenvalue weighted by molar-refractivity contribution is -0.146. The standard InChI is InChI=1S/C12H12N4O3/c1-16-8(9(17)15-11(16)13)12(19)6-4-2-3-5-7(6)14-10(12)18/h2-5,8,19H,1H3,(H,14,18)(H2,13,15,17)/t8-,12+/m1/s1. The summed E-state index contributed by atoms with van der Waals surface area (Å²) in [5, 5.41) is 13.3. The molecular weight excluding hydrogens is 248 g/mol. The second-order valence-corrected chi connectivity index (χ2v) is 4.59. The third kappa shape index (κ3) is 1.33. The van der Waals surface area contributed by atoms with Crippen molar-refractivity contribution in [1.29, 1.82) is 0 Å². The number of nitrogens with zero attached hydrogens (tertiary/aromatic N) is 2. The van der Waals surface area contributed by atoms with Crippen molar-refractivity contribution in [3.8, 4) is 0 Å². The smallest absolute Gasteiger partial charge is 0.275 e. The molecule has 0 fully saturated rings. The lowest BCUT2D eigenvalue weighted by atomic mass is 9.86. The molecule has 0 aromatic heterocycles. The minimum absolute atomic E-state index is 0.0133. The lowest BCUT2D eigenvalue weighted by Crippen LogP contribution is -2.56. The summed E-state index contributed by atoms with van der Waals surface area (Å²) in [6.45, 7) is 0. The molecule has 0 aliphatic carbocycles. The van der Waals surface area contributed by atoms with Crippen molar-refractivity contribution in [2.45, 2.75) is 11.6 Å². The van der Waals surface area contributed by atoms with Crippen LogP contribution >= 0.6 is 0 Å². The van der Waals surface area contributed by atoms with Gasteiger partial charge in [0.05, 0.1) is 0 Å². The summed E-state index contributed by atoms with van der Waals surface area (Å²) >= 11 is 0. The number of aliphatic hydroxyl groups is 1. The Kier molecular flexibility index (Phi) is 2.18. The van der Waals surface area contributed by atoms with E-state index < -0.39 is 23.5 Å². The Hall–Kier alpha value is -2.41. The Bertz CT molecular complexity index is 627. The molecule has 0 radical (unpaired) electrons. The number of anilines is 1. The number of benzene rings is 1. The molecule has 3 rings (SSSR count). The van der Waals surface area contributed by atoms with Crippen LogP contribution in [0.15, 0.2) is 29.3 Å². The van der Waals surface area contributed by atoms with Gasteiger partial charge in [0.25, 0.3) is 11.8 Å². The number of fused-ring (bicyclic) bond motifs is 1. The number of carbonyl (C=O) groups excluding carboxylic acids is 2. The van der Waals surface area contributed by atoms with Crippen LogP contribution < -0.4 is 11.1 Å². The number of rotatable bonds is 1. The van der Waals surface area contributed by atoms with E-state index in [1.165, 1.54) is 11.9 Å². The van der Waals surface area contributed by atoms with Crippen LogP contribution in [0.25, 0.3) is 0 Å². The summed E-state index contributed by atoms with van der Waals surface area (Å²) < 4.78 is 0. The van der Waals surface area contributed by atoms with Crippen LogP contribution in [0.3, 0.4) is 0 Å². The van der Waals surface area contributed by atoms with Crippen LogP contribution in [-0.4, -0.2) is 40.9 Å². The Balaban J connectivity index is 2.14. The largest absolute Gasteiger partial charge is 0.373 e. The van der Waals surface area contributed by atoms with Crippen LogP contribution in [0.1, 0.15) is 5.56 Å². The average Bonchev–Trinajstić information content (AvgIpc) is 2.77. The van der Waals surface area contributed by atoms with E-state index in [2.05, 4.69) is 10.3 Å². The molecule has 0 saturated carbocycles. The minimum atomic E-state index is -1.98. The topological polar surface area (TPSA) is 108 Å². The van der Waals surface area contributed by atoms with Crippen LogP contribution in [0, 0.1) is 0 Å². The highest BCUT2D eigenvalue weighted by Gasteiger charge is 2.58. The van der Waals surface area contributed by atoms with Gasteiger partial charge in [-0.25, -0.2) is 0 Å². The van der Waals surface area contributed by atoms with Gasteiger partial charge in [-0.15, -0.1) is 0 Å². The highest BCUT2D eigenvalue weighted by molar-refractivity contribution is 6.12. The summed E-state index contributed by atoms with van der Waals surface area (Å²) in [4.78, 5) is 28.9. The summed E-state index contributed by atoms with van der Waals surface area (Å²) in [6.07, 6.45) is 0. The number of aliphatic imine (C=N–C) groups is 1. The fourth-order valence-corrected chi connectivity index (χ4v) is 2.55. The third-order valence-electron chi connectivity index (χ3n) is 3.54. The minimum Gasteiger partial charge on any atom is -0.373 e. The normalized spacial score (nSPS) is 29.3. The summed E-state index contributed by atoms with van der Waals surface area (Å²) in [5.41, 5.74) is 4.43. The molecule has 0 saturated heterocycles. The van der Waals surface area contributed by atoms with Crippen molar-refractivity contribution >= 4 is 23.5 Å². The zero-order valence-electron chi connectivity index (χ0n) is 10.1. The van der Waals surface area contributed by atoms with E-state index in [-0.39, 0.29) is 5.96 Å². The monoisotopic (exact) mass is 260 g/mol. The number of carbonyl (C=O) groups is 2. The van der Waals surface area contributed by atoms with Crippen LogP contribution in [0.5, 0.6) is 0 Å². The van der Waals surface area contributed by atoms with E-state index >= 15 is 0 Å².